The van der Waals surface area contributed by atoms with Crippen molar-refractivity contribution in [2.24, 2.45) is 33.6 Å². The minimum atomic E-state index is -0.465. The Kier molecular flexibility index (Phi) is 3.35. The van der Waals surface area contributed by atoms with E-state index >= 15 is 0 Å². The van der Waals surface area contributed by atoms with Crippen molar-refractivity contribution >= 4 is 5.84 Å². The Labute approximate surface area is 152 Å². The van der Waals surface area contributed by atoms with E-state index in [1.807, 2.05) is 0 Å². The second kappa shape index (κ2) is 5.12. The van der Waals surface area contributed by atoms with Gasteiger partial charge in [0.1, 0.15) is 5.84 Å². The number of nitrogens with zero attached hydrogens (tertiary/aromatic N) is 2. The van der Waals surface area contributed by atoms with Gasteiger partial charge in [-0.15, -0.1) is 0 Å². The number of hydrogen-bond acceptors (Lipinski definition) is 3. The van der Waals surface area contributed by atoms with Crippen LogP contribution in [0.25, 0.3) is 0 Å². The normalized spacial score (nSPS) is 51.7. The van der Waals surface area contributed by atoms with Crippen molar-refractivity contribution in [2.75, 3.05) is 13.1 Å². The van der Waals surface area contributed by atoms with Crippen LogP contribution in [0, 0.1) is 28.6 Å². The van der Waals surface area contributed by atoms with Gasteiger partial charge in [0, 0.05) is 30.6 Å². The largest absolute Gasteiger partial charge is 0.390 e. The van der Waals surface area contributed by atoms with E-state index in [1.165, 1.54) is 50.9 Å². The number of fused-ring (bicyclic) bond motifs is 7. The molecule has 0 spiro atoms. The fourth-order valence-electron chi connectivity index (χ4n) is 7.55. The van der Waals surface area contributed by atoms with Crippen LogP contribution in [0.3, 0.4) is 0 Å². The van der Waals surface area contributed by atoms with Gasteiger partial charge in [0.15, 0.2) is 0 Å². The van der Waals surface area contributed by atoms with Gasteiger partial charge in [-0.25, -0.2) is 0 Å². The van der Waals surface area contributed by atoms with Crippen LogP contribution in [0.5, 0.6) is 0 Å². The first-order valence-corrected chi connectivity index (χ1v) is 10.6. The van der Waals surface area contributed by atoms with Crippen LogP contribution in [0.15, 0.2) is 16.8 Å². The molecule has 0 aromatic carbocycles. The highest BCUT2D eigenvalue weighted by Crippen LogP contribution is 2.66. The lowest BCUT2D eigenvalue weighted by atomic mass is 9.48. The molecule has 1 N–H and O–H groups in total. The van der Waals surface area contributed by atoms with E-state index in [-0.39, 0.29) is 5.41 Å². The summed E-state index contributed by atoms with van der Waals surface area (Å²) in [6.45, 7) is 9.25. The lowest BCUT2D eigenvalue weighted by molar-refractivity contribution is -0.114. The summed E-state index contributed by atoms with van der Waals surface area (Å²) in [4.78, 5) is 7.41. The highest BCUT2D eigenvalue weighted by atomic mass is 16.3. The van der Waals surface area contributed by atoms with Crippen LogP contribution in [-0.2, 0) is 0 Å². The molecule has 0 unspecified atom stereocenters. The lowest BCUT2D eigenvalue weighted by Crippen LogP contribution is -2.56. The third kappa shape index (κ3) is 1.99. The Morgan fingerprint density at radius 2 is 1.92 bits per heavy atom. The second-order valence-corrected chi connectivity index (χ2v) is 10.2. The molecule has 3 heteroatoms. The van der Waals surface area contributed by atoms with Gasteiger partial charge in [0.05, 0.1) is 5.60 Å². The zero-order valence-corrected chi connectivity index (χ0v) is 16.2. The van der Waals surface area contributed by atoms with E-state index in [9.17, 15) is 5.11 Å². The van der Waals surface area contributed by atoms with Crippen LogP contribution < -0.4 is 0 Å². The van der Waals surface area contributed by atoms with Gasteiger partial charge >= 0.3 is 0 Å². The number of rotatable bonds is 0. The van der Waals surface area contributed by atoms with E-state index < -0.39 is 5.60 Å². The Morgan fingerprint density at radius 1 is 1.12 bits per heavy atom. The zero-order chi connectivity index (χ0) is 17.4. The molecule has 6 atom stereocenters. The van der Waals surface area contributed by atoms with Crippen LogP contribution >= 0.6 is 0 Å². The van der Waals surface area contributed by atoms with E-state index in [0.717, 1.165) is 31.2 Å². The fraction of sp³-hybridized carbons (Fsp3) is 0.864. The van der Waals surface area contributed by atoms with Crippen molar-refractivity contribution in [2.45, 2.75) is 77.7 Å². The number of aliphatic hydroxyl groups is 1. The molecule has 2 heterocycles. The maximum atomic E-state index is 11.1. The van der Waals surface area contributed by atoms with Gasteiger partial charge in [-0.05, 0) is 75.0 Å². The average molecular weight is 343 g/mol. The predicted molar refractivity (Wildman–Crippen MR) is 101 cm³/mol. The van der Waals surface area contributed by atoms with E-state index in [2.05, 4.69) is 31.7 Å². The van der Waals surface area contributed by atoms with Gasteiger partial charge in [-0.3, -0.25) is 4.99 Å². The maximum absolute atomic E-state index is 11.1. The predicted octanol–water partition coefficient (Wildman–Crippen LogP) is 4.37. The molecule has 3 fully saturated rings. The van der Waals surface area contributed by atoms with Crippen LogP contribution in [-0.4, -0.2) is 34.5 Å². The molecule has 138 valence electrons. The van der Waals surface area contributed by atoms with Crippen molar-refractivity contribution in [3.8, 4) is 0 Å². The molecule has 1 saturated heterocycles. The second-order valence-electron chi connectivity index (χ2n) is 10.2. The fourth-order valence-corrected chi connectivity index (χ4v) is 7.55. The SMILES string of the molecule is C[C@]12CCC3=NCCCN3C1=CC[C@@H]1[C@H]3CC[C@@](C)(O)[C@]3(C)CC[C@@H]12. The average Bonchev–Trinajstić information content (AvgIpc) is 2.84. The van der Waals surface area contributed by atoms with Crippen molar-refractivity contribution < 1.29 is 5.11 Å². The van der Waals surface area contributed by atoms with Crippen LogP contribution in [0.2, 0.25) is 0 Å². The number of piperidine rings is 1. The van der Waals surface area contributed by atoms with Crippen molar-refractivity contribution in [1.82, 2.24) is 4.90 Å². The molecule has 3 aliphatic carbocycles. The Morgan fingerprint density at radius 3 is 2.76 bits per heavy atom. The Bertz CT molecular complexity index is 650. The highest BCUT2D eigenvalue weighted by Gasteiger charge is 2.62. The third-order valence-corrected chi connectivity index (χ3v) is 9.29. The van der Waals surface area contributed by atoms with Crippen molar-refractivity contribution in [3.63, 3.8) is 0 Å². The molecular weight excluding hydrogens is 308 g/mol. The number of amidine groups is 1. The summed E-state index contributed by atoms with van der Waals surface area (Å²) in [5.41, 5.74) is 1.59. The number of allylic oxidation sites excluding steroid dienone is 2. The summed E-state index contributed by atoms with van der Waals surface area (Å²) < 4.78 is 0. The highest BCUT2D eigenvalue weighted by molar-refractivity contribution is 5.86. The summed E-state index contributed by atoms with van der Waals surface area (Å²) in [6, 6.07) is 0. The van der Waals surface area contributed by atoms with E-state index in [4.69, 9.17) is 4.99 Å². The summed E-state index contributed by atoms with van der Waals surface area (Å²) in [5, 5.41) is 11.1. The van der Waals surface area contributed by atoms with Crippen LogP contribution in [0.1, 0.15) is 72.1 Å². The summed E-state index contributed by atoms with van der Waals surface area (Å²) in [7, 11) is 0. The van der Waals surface area contributed by atoms with Crippen LogP contribution in [0.4, 0.5) is 0 Å². The molecule has 2 saturated carbocycles. The molecule has 0 aromatic heterocycles. The first-order chi connectivity index (χ1) is 11.9. The van der Waals surface area contributed by atoms with E-state index in [0.29, 0.717) is 11.3 Å². The number of hydrogen-bond donors (Lipinski definition) is 1. The molecule has 0 bridgehead atoms. The maximum Gasteiger partial charge on any atom is 0.103 e. The summed E-state index contributed by atoms with van der Waals surface area (Å²) >= 11 is 0. The standard InChI is InChI=1S/C22H34N2O/c1-20-10-9-19-23-13-4-14-24(19)18(20)6-5-15-16(20)7-11-21(2)17(15)8-12-22(21,3)25/h6,15-17,25H,4-5,7-14H2,1-3H3/t15-,16-,17+,20+,21+,22+/m0/s1. The van der Waals surface area contributed by atoms with Crippen molar-refractivity contribution in [1.29, 1.82) is 0 Å². The summed E-state index contributed by atoms with van der Waals surface area (Å²) in [6.07, 6.45) is 12.2. The van der Waals surface area contributed by atoms with Crippen molar-refractivity contribution in [3.05, 3.63) is 11.8 Å². The topological polar surface area (TPSA) is 35.8 Å². The molecule has 25 heavy (non-hydrogen) atoms. The molecular formula is C22H34N2O. The first-order valence-electron chi connectivity index (χ1n) is 10.6. The Balaban J connectivity index is 1.52. The lowest BCUT2D eigenvalue weighted by Gasteiger charge is -2.60. The minimum absolute atomic E-state index is 0.127. The van der Waals surface area contributed by atoms with Gasteiger partial charge in [0.25, 0.3) is 0 Å². The molecule has 5 rings (SSSR count). The third-order valence-electron chi connectivity index (χ3n) is 9.29. The Hall–Kier alpha value is -0.830. The summed E-state index contributed by atoms with van der Waals surface area (Å²) in [5.74, 6) is 3.62. The van der Waals surface area contributed by atoms with Gasteiger partial charge in [-0.1, -0.05) is 19.9 Å². The first kappa shape index (κ1) is 16.4. The molecule has 2 aliphatic heterocycles. The molecule has 0 aromatic rings. The van der Waals surface area contributed by atoms with Gasteiger partial charge in [-0.2, -0.15) is 0 Å². The quantitative estimate of drug-likeness (QED) is 0.709. The van der Waals surface area contributed by atoms with Gasteiger partial charge in [0.2, 0.25) is 0 Å². The molecule has 0 amide bonds. The van der Waals surface area contributed by atoms with Gasteiger partial charge < -0.3 is 10.0 Å². The minimum Gasteiger partial charge on any atom is -0.390 e. The molecule has 3 nitrogen and oxygen atoms in total. The monoisotopic (exact) mass is 342 g/mol. The van der Waals surface area contributed by atoms with E-state index in [1.54, 1.807) is 5.70 Å². The zero-order valence-electron chi connectivity index (χ0n) is 16.2. The molecule has 0 radical (unpaired) electrons. The number of aliphatic imine (C=N–C) groups is 1. The molecule has 5 aliphatic rings. The smallest absolute Gasteiger partial charge is 0.103 e.